The topological polar surface area (TPSA) is 71.1 Å². The second-order valence-corrected chi connectivity index (χ2v) is 18.5. The lowest BCUT2D eigenvalue weighted by molar-refractivity contribution is -0.189. The molecule has 2 rings (SSSR count). The number of hydrogen-bond acceptors (Lipinski definition) is 6. The number of carbonyl (C=O) groups is 2. The Bertz CT molecular complexity index is 1220. The Morgan fingerprint density at radius 2 is 1.79 bits per heavy atom. The zero-order valence-corrected chi connectivity index (χ0v) is 29.4. The van der Waals surface area contributed by atoms with E-state index in [0.29, 0.717) is 26.1 Å². The molecule has 43 heavy (non-hydrogen) atoms. The van der Waals surface area contributed by atoms with E-state index in [-0.39, 0.29) is 35.4 Å². The van der Waals surface area contributed by atoms with Crippen LogP contribution in [0.25, 0.3) is 0 Å². The minimum Gasteiger partial charge on any atom is -0.497 e. The molecule has 1 aliphatic rings. The van der Waals surface area contributed by atoms with E-state index in [0.717, 1.165) is 28.0 Å². The molecule has 0 unspecified atom stereocenters. The third kappa shape index (κ3) is 10.0. The molecular weight excluding hydrogens is 556 g/mol. The van der Waals surface area contributed by atoms with Crippen molar-refractivity contribution in [2.45, 2.75) is 118 Å². The predicted octanol–water partition coefficient (Wildman–Crippen LogP) is 8.22. The number of ketones is 2. The van der Waals surface area contributed by atoms with E-state index in [1.54, 1.807) is 14.0 Å². The van der Waals surface area contributed by atoms with Crippen molar-refractivity contribution in [2.75, 3.05) is 13.7 Å². The Hall–Kier alpha value is -2.50. The number of benzene rings is 1. The van der Waals surface area contributed by atoms with Crippen molar-refractivity contribution < 1.29 is 28.2 Å². The molecule has 0 amide bonds. The molecule has 3 atom stereocenters. The lowest BCUT2D eigenvalue weighted by atomic mass is 9.70. The molecule has 1 aliphatic heterocycles. The summed E-state index contributed by atoms with van der Waals surface area (Å²) in [6, 6.07) is 7.78. The Kier molecular flexibility index (Phi) is 13.2. The van der Waals surface area contributed by atoms with Gasteiger partial charge in [-0.25, -0.2) is 0 Å². The first kappa shape index (κ1) is 36.7. The van der Waals surface area contributed by atoms with Gasteiger partial charge in [0.1, 0.15) is 17.6 Å². The normalized spacial score (nSPS) is 21.6. The standard InChI is InChI=1S/C36H54O6Si/c1-25(2)16-21-30(37)36(9)23-31(42-43(11,12)35(6,7)8)41-33(34(36)38)32(26(3)4)27(5)15-13-14-22-40-24-28-17-19-29(39-10)20-18-28/h17-20,26,31,33H,1,14,16,21-24H2,2-12H3/b32-27-/t31-,33-,36+/m1/s1. The van der Waals surface area contributed by atoms with Crippen molar-refractivity contribution in [1.82, 2.24) is 0 Å². The van der Waals surface area contributed by atoms with Crippen LogP contribution < -0.4 is 4.74 Å². The Balaban J connectivity index is 2.31. The van der Waals surface area contributed by atoms with Gasteiger partial charge in [-0.1, -0.05) is 64.2 Å². The Labute approximate surface area is 261 Å². The molecule has 0 radical (unpaired) electrons. The van der Waals surface area contributed by atoms with Gasteiger partial charge in [-0.3, -0.25) is 9.59 Å². The van der Waals surface area contributed by atoms with Gasteiger partial charge in [0, 0.05) is 24.8 Å². The van der Waals surface area contributed by atoms with Crippen LogP contribution in [0.3, 0.4) is 0 Å². The maximum Gasteiger partial charge on any atom is 0.195 e. The molecule has 0 saturated carbocycles. The van der Waals surface area contributed by atoms with Crippen LogP contribution in [-0.4, -0.2) is 46.0 Å². The maximum absolute atomic E-state index is 14.2. The first-order valence-corrected chi connectivity index (χ1v) is 18.3. The third-order valence-corrected chi connectivity index (χ3v) is 13.1. The number of hydrogen-bond donors (Lipinski definition) is 0. The number of carbonyl (C=O) groups excluding carboxylic acids is 2. The predicted molar refractivity (Wildman–Crippen MR) is 176 cm³/mol. The van der Waals surface area contributed by atoms with Crippen LogP contribution in [0.4, 0.5) is 0 Å². The van der Waals surface area contributed by atoms with Crippen LogP contribution in [0.2, 0.25) is 18.1 Å². The van der Waals surface area contributed by atoms with Crippen molar-refractivity contribution in [1.29, 1.82) is 0 Å². The summed E-state index contributed by atoms with van der Waals surface area (Å²) in [7, 11) is -0.611. The van der Waals surface area contributed by atoms with Gasteiger partial charge < -0.3 is 18.6 Å². The zero-order valence-electron chi connectivity index (χ0n) is 28.4. The summed E-state index contributed by atoms with van der Waals surface area (Å²) in [5.74, 6) is 6.96. The second kappa shape index (κ2) is 15.5. The second-order valence-electron chi connectivity index (χ2n) is 13.8. The van der Waals surface area contributed by atoms with Crippen LogP contribution in [0.1, 0.15) is 86.6 Å². The van der Waals surface area contributed by atoms with Gasteiger partial charge in [0.25, 0.3) is 0 Å². The monoisotopic (exact) mass is 610 g/mol. The SMILES string of the molecule is C=C(C)CCC(=O)[C@]1(C)C[C@@H](O[Si](C)(C)C(C)(C)C)O[C@H](/C(=C(/C)C#CCCOCc2ccc(OC)cc2)C(C)C)C1=O. The average Bonchev–Trinajstić information content (AvgIpc) is 2.91. The molecule has 0 spiro atoms. The van der Waals surface area contributed by atoms with E-state index < -0.39 is 26.1 Å². The number of allylic oxidation sites excluding steroid dienone is 2. The van der Waals surface area contributed by atoms with E-state index in [1.165, 1.54) is 0 Å². The molecule has 7 heteroatoms. The van der Waals surface area contributed by atoms with E-state index in [9.17, 15) is 9.59 Å². The summed E-state index contributed by atoms with van der Waals surface area (Å²) in [5, 5.41) is -0.0543. The lowest BCUT2D eigenvalue weighted by Crippen LogP contribution is -2.56. The fourth-order valence-corrected chi connectivity index (χ4v) is 6.01. The first-order valence-electron chi connectivity index (χ1n) is 15.4. The third-order valence-electron chi connectivity index (χ3n) is 8.68. The quantitative estimate of drug-likeness (QED) is 0.0737. The van der Waals surface area contributed by atoms with Gasteiger partial charge in [-0.2, -0.15) is 0 Å². The summed E-state index contributed by atoms with van der Waals surface area (Å²) < 4.78 is 24.2. The van der Waals surface area contributed by atoms with Gasteiger partial charge in [-0.05, 0) is 74.5 Å². The highest BCUT2D eigenvalue weighted by atomic mass is 28.4. The van der Waals surface area contributed by atoms with Crippen LogP contribution >= 0.6 is 0 Å². The lowest BCUT2D eigenvalue weighted by Gasteiger charge is -2.46. The minimum atomic E-state index is -2.26. The van der Waals surface area contributed by atoms with E-state index >= 15 is 0 Å². The summed E-state index contributed by atoms with van der Waals surface area (Å²) in [6.45, 7) is 25.4. The van der Waals surface area contributed by atoms with Gasteiger partial charge >= 0.3 is 0 Å². The molecule has 1 heterocycles. The average molecular weight is 611 g/mol. The maximum atomic E-state index is 14.2. The highest BCUT2D eigenvalue weighted by molar-refractivity contribution is 6.74. The van der Waals surface area contributed by atoms with Gasteiger partial charge in [0.2, 0.25) is 0 Å². The highest BCUT2D eigenvalue weighted by Gasteiger charge is 2.53. The van der Waals surface area contributed by atoms with Gasteiger partial charge in [-0.15, -0.1) is 6.58 Å². The first-order chi connectivity index (χ1) is 19.9. The van der Waals surface area contributed by atoms with Crippen LogP contribution in [-0.2, 0) is 30.1 Å². The fourth-order valence-electron chi connectivity index (χ4n) is 4.86. The number of rotatable bonds is 13. The molecule has 1 saturated heterocycles. The fraction of sp³-hybridized carbons (Fsp3) is 0.611. The van der Waals surface area contributed by atoms with Crippen molar-refractivity contribution in [3.8, 4) is 17.6 Å². The molecule has 0 N–H and O–H groups in total. The number of methoxy groups -OCH3 is 1. The summed E-state index contributed by atoms with van der Waals surface area (Å²) in [4.78, 5) is 27.8. The summed E-state index contributed by atoms with van der Waals surface area (Å²) in [5.41, 5.74) is 2.36. The van der Waals surface area contributed by atoms with Gasteiger partial charge in [0.15, 0.2) is 20.4 Å². The molecule has 1 fully saturated rings. The van der Waals surface area contributed by atoms with Crippen LogP contribution in [0.15, 0.2) is 47.6 Å². The van der Waals surface area contributed by atoms with Crippen molar-refractivity contribution >= 4 is 19.9 Å². The van der Waals surface area contributed by atoms with Gasteiger partial charge in [0.05, 0.1) is 25.7 Å². The van der Waals surface area contributed by atoms with E-state index in [2.05, 4.69) is 52.3 Å². The van der Waals surface area contributed by atoms with E-state index in [4.69, 9.17) is 18.6 Å². The molecule has 1 aromatic rings. The van der Waals surface area contributed by atoms with Crippen LogP contribution in [0.5, 0.6) is 5.75 Å². The molecule has 0 bridgehead atoms. The van der Waals surface area contributed by atoms with Crippen LogP contribution in [0, 0.1) is 23.2 Å². The number of ether oxygens (including phenoxy) is 3. The van der Waals surface area contributed by atoms with Crippen molar-refractivity contribution in [2.24, 2.45) is 11.3 Å². The Morgan fingerprint density at radius 3 is 2.33 bits per heavy atom. The van der Waals surface area contributed by atoms with Crippen molar-refractivity contribution in [3.63, 3.8) is 0 Å². The largest absolute Gasteiger partial charge is 0.497 e. The molecule has 238 valence electrons. The van der Waals surface area contributed by atoms with E-state index in [1.807, 2.05) is 52.0 Å². The number of Topliss-reactive ketones (excluding diaryl/α,β-unsaturated/α-hetero) is 2. The Morgan fingerprint density at radius 1 is 1.16 bits per heavy atom. The molecule has 0 aromatic heterocycles. The minimum absolute atomic E-state index is 0.0176. The highest BCUT2D eigenvalue weighted by Crippen LogP contribution is 2.44. The summed E-state index contributed by atoms with van der Waals surface area (Å²) >= 11 is 0. The summed E-state index contributed by atoms with van der Waals surface area (Å²) in [6.07, 6.45) is 0.0237. The molecule has 0 aliphatic carbocycles. The molecular formula is C36H54O6Si. The van der Waals surface area contributed by atoms with Crippen molar-refractivity contribution in [3.05, 3.63) is 53.1 Å². The molecule has 6 nitrogen and oxygen atoms in total. The smallest absolute Gasteiger partial charge is 0.195 e. The zero-order chi connectivity index (χ0) is 32.6. The molecule has 1 aromatic carbocycles.